The van der Waals surface area contributed by atoms with Crippen LogP contribution in [0.3, 0.4) is 0 Å². The summed E-state index contributed by atoms with van der Waals surface area (Å²) in [6, 6.07) is 0.390. The Kier molecular flexibility index (Phi) is 8.13. The lowest BCUT2D eigenvalue weighted by molar-refractivity contribution is -0.130. The molecule has 0 spiro atoms. The highest BCUT2D eigenvalue weighted by Crippen LogP contribution is 2.18. The average Bonchev–Trinajstić information content (AvgIpc) is 2.36. The van der Waals surface area contributed by atoms with E-state index in [9.17, 15) is 9.59 Å². The highest BCUT2D eigenvalue weighted by atomic mass is 35.5. The molecule has 0 bridgehead atoms. The fourth-order valence-electron chi connectivity index (χ4n) is 2.30. The molecule has 20 heavy (non-hydrogen) atoms. The third-order valence-electron chi connectivity index (χ3n) is 3.65. The van der Waals surface area contributed by atoms with Crippen LogP contribution in [-0.2, 0) is 9.59 Å². The van der Waals surface area contributed by atoms with E-state index in [1.807, 2.05) is 20.8 Å². The van der Waals surface area contributed by atoms with E-state index in [4.69, 9.17) is 0 Å². The molecule has 1 rings (SSSR count). The molecule has 2 amide bonds. The predicted octanol–water partition coefficient (Wildman–Crippen LogP) is 1.07. The molecule has 0 aromatic carbocycles. The van der Waals surface area contributed by atoms with E-state index in [2.05, 4.69) is 22.9 Å². The molecule has 5 nitrogen and oxygen atoms in total. The SMILES string of the molecule is CCNC(=O)C(C)(C)CNC(=O)[C@H]1CCN[C@@H](C)C1.Cl. The molecule has 2 atom stereocenters. The van der Waals surface area contributed by atoms with Crippen LogP contribution in [0.2, 0.25) is 0 Å². The number of amides is 2. The van der Waals surface area contributed by atoms with Gasteiger partial charge in [0.1, 0.15) is 0 Å². The van der Waals surface area contributed by atoms with Crippen LogP contribution in [0, 0.1) is 11.3 Å². The first-order chi connectivity index (χ1) is 8.86. The summed E-state index contributed by atoms with van der Waals surface area (Å²) in [6.45, 7) is 9.57. The minimum absolute atomic E-state index is 0. The van der Waals surface area contributed by atoms with Crippen molar-refractivity contribution in [2.75, 3.05) is 19.6 Å². The third kappa shape index (κ3) is 5.67. The van der Waals surface area contributed by atoms with E-state index in [1.165, 1.54) is 0 Å². The van der Waals surface area contributed by atoms with Gasteiger partial charge in [-0.25, -0.2) is 0 Å². The second kappa shape index (κ2) is 8.47. The Labute approximate surface area is 128 Å². The summed E-state index contributed by atoms with van der Waals surface area (Å²) < 4.78 is 0. The van der Waals surface area contributed by atoms with Crippen molar-refractivity contribution >= 4 is 24.2 Å². The zero-order chi connectivity index (χ0) is 14.5. The Morgan fingerprint density at radius 1 is 1.30 bits per heavy atom. The van der Waals surface area contributed by atoms with Crippen molar-refractivity contribution in [3.05, 3.63) is 0 Å². The lowest BCUT2D eigenvalue weighted by Crippen LogP contribution is -2.48. The number of piperidine rings is 1. The Morgan fingerprint density at radius 2 is 1.95 bits per heavy atom. The van der Waals surface area contributed by atoms with Gasteiger partial charge < -0.3 is 16.0 Å². The molecule has 1 heterocycles. The van der Waals surface area contributed by atoms with Crippen molar-refractivity contribution in [1.29, 1.82) is 0 Å². The van der Waals surface area contributed by atoms with Gasteiger partial charge >= 0.3 is 0 Å². The van der Waals surface area contributed by atoms with Crippen LogP contribution >= 0.6 is 12.4 Å². The van der Waals surface area contributed by atoms with E-state index >= 15 is 0 Å². The molecule has 0 aromatic heterocycles. The van der Waals surface area contributed by atoms with Crippen molar-refractivity contribution < 1.29 is 9.59 Å². The van der Waals surface area contributed by atoms with Crippen molar-refractivity contribution in [2.24, 2.45) is 11.3 Å². The Balaban J connectivity index is 0.00000361. The maximum atomic E-state index is 12.1. The molecule has 1 fully saturated rings. The van der Waals surface area contributed by atoms with Crippen LogP contribution in [-0.4, -0.2) is 37.5 Å². The molecule has 0 aliphatic carbocycles. The third-order valence-corrected chi connectivity index (χ3v) is 3.65. The van der Waals surface area contributed by atoms with E-state index in [1.54, 1.807) is 0 Å². The smallest absolute Gasteiger partial charge is 0.227 e. The van der Waals surface area contributed by atoms with Crippen molar-refractivity contribution in [3.8, 4) is 0 Å². The summed E-state index contributed by atoms with van der Waals surface area (Å²) in [5.41, 5.74) is -0.565. The minimum Gasteiger partial charge on any atom is -0.356 e. The Hall–Kier alpha value is -0.810. The average molecular weight is 306 g/mol. The summed E-state index contributed by atoms with van der Waals surface area (Å²) in [5.74, 6) is 0.126. The zero-order valence-corrected chi connectivity index (χ0v) is 13.7. The van der Waals surface area contributed by atoms with E-state index in [0.717, 1.165) is 19.4 Å². The van der Waals surface area contributed by atoms with E-state index < -0.39 is 5.41 Å². The quantitative estimate of drug-likeness (QED) is 0.712. The molecular formula is C14H28ClN3O2. The van der Waals surface area contributed by atoms with Crippen LogP contribution in [0.15, 0.2) is 0 Å². The van der Waals surface area contributed by atoms with Crippen LogP contribution < -0.4 is 16.0 Å². The van der Waals surface area contributed by atoms with Gasteiger partial charge in [0.15, 0.2) is 0 Å². The minimum atomic E-state index is -0.565. The van der Waals surface area contributed by atoms with Gasteiger partial charge in [0, 0.05) is 25.0 Å². The molecule has 1 aliphatic heterocycles. The number of nitrogens with one attached hydrogen (secondary N) is 3. The maximum Gasteiger partial charge on any atom is 0.227 e. The summed E-state index contributed by atoms with van der Waals surface area (Å²) in [7, 11) is 0. The number of halogens is 1. The molecular weight excluding hydrogens is 278 g/mol. The topological polar surface area (TPSA) is 70.2 Å². The first kappa shape index (κ1) is 19.2. The molecule has 0 saturated carbocycles. The van der Waals surface area contributed by atoms with Crippen LogP contribution in [0.25, 0.3) is 0 Å². The molecule has 118 valence electrons. The number of hydrogen-bond acceptors (Lipinski definition) is 3. The fourth-order valence-corrected chi connectivity index (χ4v) is 2.30. The maximum absolute atomic E-state index is 12.1. The second-order valence-electron chi connectivity index (χ2n) is 6.04. The Morgan fingerprint density at radius 3 is 2.50 bits per heavy atom. The highest BCUT2D eigenvalue weighted by Gasteiger charge is 2.30. The lowest BCUT2D eigenvalue weighted by atomic mass is 9.90. The predicted molar refractivity (Wildman–Crippen MR) is 82.9 cm³/mol. The Bertz CT molecular complexity index is 334. The monoisotopic (exact) mass is 305 g/mol. The molecule has 3 N–H and O–H groups in total. The number of carbonyl (C=O) groups is 2. The van der Waals surface area contributed by atoms with Gasteiger partial charge in [-0.1, -0.05) is 0 Å². The van der Waals surface area contributed by atoms with Gasteiger partial charge in [0.05, 0.1) is 5.41 Å². The first-order valence-corrected chi connectivity index (χ1v) is 7.16. The van der Waals surface area contributed by atoms with Crippen LogP contribution in [0.1, 0.15) is 40.5 Å². The largest absolute Gasteiger partial charge is 0.356 e. The molecule has 0 unspecified atom stereocenters. The van der Waals surface area contributed by atoms with Crippen molar-refractivity contribution in [2.45, 2.75) is 46.6 Å². The van der Waals surface area contributed by atoms with Gasteiger partial charge in [-0.3, -0.25) is 9.59 Å². The zero-order valence-electron chi connectivity index (χ0n) is 12.9. The molecule has 0 radical (unpaired) electrons. The standard InChI is InChI=1S/C14H27N3O2.ClH/c1-5-15-13(19)14(3,4)9-17-12(18)11-6-7-16-10(2)8-11;/h10-11,16H,5-9H2,1-4H3,(H,15,19)(H,17,18);1H/t10-,11-;/m0./s1. The molecule has 1 saturated heterocycles. The van der Waals surface area contributed by atoms with Gasteiger partial charge in [-0.2, -0.15) is 0 Å². The van der Waals surface area contributed by atoms with Gasteiger partial charge in [-0.15, -0.1) is 12.4 Å². The fraction of sp³-hybridized carbons (Fsp3) is 0.857. The number of rotatable bonds is 5. The van der Waals surface area contributed by atoms with E-state index in [0.29, 0.717) is 19.1 Å². The summed E-state index contributed by atoms with van der Waals surface area (Å²) in [5, 5.41) is 9.05. The second-order valence-corrected chi connectivity index (χ2v) is 6.04. The van der Waals surface area contributed by atoms with Crippen LogP contribution in [0.4, 0.5) is 0 Å². The van der Waals surface area contributed by atoms with Gasteiger partial charge in [-0.05, 0) is 47.1 Å². The number of hydrogen-bond donors (Lipinski definition) is 3. The molecule has 6 heteroatoms. The van der Waals surface area contributed by atoms with E-state index in [-0.39, 0.29) is 30.1 Å². The molecule has 1 aliphatic rings. The van der Waals surface area contributed by atoms with Crippen molar-refractivity contribution in [1.82, 2.24) is 16.0 Å². The summed E-state index contributed by atoms with van der Waals surface area (Å²) in [6.07, 6.45) is 1.74. The highest BCUT2D eigenvalue weighted by molar-refractivity contribution is 5.85. The molecule has 0 aromatic rings. The van der Waals surface area contributed by atoms with Crippen LogP contribution in [0.5, 0.6) is 0 Å². The number of carbonyl (C=O) groups excluding carboxylic acids is 2. The van der Waals surface area contributed by atoms with Gasteiger partial charge in [0.2, 0.25) is 11.8 Å². The summed E-state index contributed by atoms with van der Waals surface area (Å²) in [4.78, 5) is 23.9. The first-order valence-electron chi connectivity index (χ1n) is 7.16. The summed E-state index contributed by atoms with van der Waals surface area (Å²) >= 11 is 0. The van der Waals surface area contributed by atoms with Crippen molar-refractivity contribution in [3.63, 3.8) is 0 Å². The lowest BCUT2D eigenvalue weighted by Gasteiger charge is -2.29. The normalized spacial score (nSPS) is 22.6. The van der Waals surface area contributed by atoms with Gasteiger partial charge in [0.25, 0.3) is 0 Å².